The molecule has 2 heteroatoms. The molecule has 0 bridgehead atoms. The molecule has 0 aliphatic heterocycles. The number of nitrogens with two attached hydrogens (primary N) is 1. The molecule has 1 unspecified atom stereocenters. The van der Waals surface area contributed by atoms with E-state index >= 15 is 0 Å². The van der Waals surface area contributed by atoms with Crippen molar-refractivity contribution in [3.05, 3.63) is 34.9 Å². The Morgan fingerprint density at radius 2 is 1.75 bits per heavy atom. The summed E-state index contributed by atoms with van der Waals surface area (Å²) in [5.74, 6) is 0.578. The van der Waals surface area contributed by atoms with E-state index in [9.17, 15) is 0 Å². The molecule has 2 nitrogen and oxygen atoms in total. The van der Waals surface area contributed by atoms with E-state index in [-0.39, 0.29) is 0 Å². The van der Waals surface area contributed by atoms with E-state index in [2.05, 4.69) is 51.2 Å². The molecule has 0 aromatic heterocycles. The highest BCUT2D eigenvalue weighted by Crippen LogP contribution is 2.13. The quantitative estimate of drug-likeness (QED) is 0.799. The van der Waals surface area contributed by atoms with Crippen molar-refractivity contribution < 1.29 is 0 Å². The Morgan fingerprint density at radius 1 is 1.19 bits per heavy atom. The summed E-state index contributed by atoms with van der Waals surface area (Å²) in [6.45, 7) is 10.3. The molecule has 0 heterocycles. The third kappa shape index (κ3) is 3.32. The van der Waals surface area contributed by atoms with E-state index in [0.717, 1.165) is 6.54 Å². The highest BCUT2D eigenvalue weighted by atomic mass is 14.9. The molecular weight excluding hydrogens is 196 g/mol. The molecule has 1 rings (SSSR count). The van der Waals surface area contributed by atoms with Crippen molar-refractivity contribution >= 4 is 0 Å². The Kier molecular flexibility index (Phi) is 4.97. The van der Waals surface area contributed by atoms with E-state index in [4.69, 9.17) is 5.73 Å². The Hall–Kier alpha value is -0.860. The largest absolute Gasteiger partial charge is 0.329 e. The van der Waals surface area contributed by atoms with Gasteiger partial charge in [0.2, 0.25) is 0 Å². The minimum atomic E-state index is 0.402. The summed E-state index contributed by atoms with van der Waals surface area (Å²) >= 11 is 0. The van der Waals surface area contributed by atoms with Gasteiger partial charge in [0.05, 0.1) is 0 Å². The molecule has 0 radical (unpaired) electrons. The van der Waals surface area contributed by atoms with Gasteiger partial charge >= 0.3 is 0 Å². The molecule has 0 spiro atoms. The van der Waals surface area contributed by atoms with Crippen molar-refractivity contribution in [2.24, 2.45) is 11.7 Å². The lowest BCUT2D eigenvalue weighted by molar-refractivity contribution is 0.404. The van der Waals surface area contributed by atoms with Gasteiger partial charge in [0, 0.05) is 19.1 Å². The Labute approximate surface area is 99.2 Å². The molecule has 16 heavy (non-hydrogen) atoms. The van der Waals surface area contributed by atoms with Crippen LogP contribution < -0.4 is 11.1 Å². The van der Waals surface area contributed by atoms with Crippen LogP contribution in [0.25, 0.3) is 0 Å². The van der Waals surface area contributed by atoms with Crippen molar-refractivity contribution in [2.45, 2.75) is 40.3 Å². The highest BCUT2D eigenvalue weighted by Gasteiger charge is 2.11. The Bertz CT molecular complexity index is 311. The maximum absolute atomic E-state index is 5.75. The standard InChI is InChI=1S/C14H24N2/c1-10(2)14(8-15)16-9-13-11(3)6-5-7-12(13)4/h5-7,10,14,16H,8-9,15H2,1-4H3. The van der Waals surface area contributed by atoms with Crippen LogP contribution in [0.15, 0.2) is 18.2 Å². The Morgan fingerprint density at radius 3 is 2.19 bits per heavy atom. The molecule has 0 aliphatic carbocycles. The topological polar surface area (TPSA) is 38.0 Å². The maximum atomic E-state index is 5.75. The zero-order chi connectivity index (χ0) is 12.1. The predicted octanol–water partition coefficient (Wildman–Crippen LogP) is 2.38. The zero-order valence-corrected chi connectivity index (χ0v) is 10.9. The van der Waals surface area contributed by atoms with Gasteiger partial charge in [-0.3, -0.25) is 0 Å². The van der Waals surface area contributed by atoms with E-state index in [1.54, 1.807) is 0 Å². The van der Waals surface area contributed by atoms with E-state index < -0.39 is 0 Å². The third-order valence-corrected chi connectivity index (χ3v) is 3.24. The fourth-order valence-corrected chi connectivity index (χ4v) is 1.95. The van der Waals surface area contributed by atoms with Crippen LogP contribution in [0.4, 0.5) is 0 Å². The van der Waals surface area contributed by atoms with Gasteiger partial charge in [-0.2, -0.15) is 0 Å². The van der Waals surface area contributed by atoms with Crippen LogP contribution in [0, 0.1) is 19.8 Å². The number of benzene rings is 1. The molecular formula is C14H24N2. The molecule has 3 N–H and O–H groups in total. The fraction of sp³-hybridized carbons (Fsp3) is 0.571. The van der Waals surface area contributed by atoms with Gasteiger partial charge in [-0.1, -0.05) is 32.0 Å². The molecule has 0 amide bonds. The second-order valence-electron chi connectivity index (χ2n) is 4.84. The second kappa shape index (κ2) is 6.02. The van der Waals surface area contributed by atoms with Crippen molar-refractivity contribution in [3.63, 3.8) is 0 Å². The molecule has 1 aromatic rings. The molecule has 1 aromatic carbocycles. The van der Waals surface area contributed by atoms with Crippen LogP contribution in [-0.2, 0) is 6.54 Å². The number of rotatable bonds is 5. The zero-order valence-electron chi connectivity index (χ0n) is 10.9. The number of aryl methyl sites for hydroxylation is 2. The van der Waals surface area contributed by atoms with Gasteiger partial charge in [-0.25, -0.2) is 0 Å². The molecule has 0 fully saturated rings. The smallest absolute Gasteiger partial charge is 0.0216 e. The van der Waals surface area contributed by atoms with Crippen molar-refractivity contribution in [3.8, 4) is 0 Å². The molecule has 0 saturated heterocycles. The normalized spacial score (nSPS) is 13.1. The van der Waals surface area contributed by atoms with Gasteiger partial charge in [0.25, 0.3) is 0 Å². The lowest BCUT2D eigenvalue weighted by atomic mass is 10.0. The molecule has 0 aliphatic rings. The summed E-state index contributed by atoms with van der Waals surface area (Å²) in [6, 6.07) is 6.84. The highest BCUT2D eigenvalue weighted by molar-refractivity contribution is 5.33. The van der Waals surface area contributed by atoms with Crippen molar-refractivity contribution in [1.82, 2.24) is 5.32 Å². The number of hydrogen-bond donors (Lipinski definition) is 2. The Balaban J connectivity index is 2.67. The lowest BCUT2D eigenvalue weighted by Gasteiger charge is -2.21. The maximum Gasteiger partial charge on any atom is 0.0216 e. The first-order chi connectivity index (χ1) is 7.56. The van der Waals surface area contributed by atoms with Crippen LogP contribution in [0.3, 0.4) is 0 Å². The fourth-order valence-electron chi connectivity index (χ4n) is 1.95. The van der Waals surface area contributed by atoms with Gasteiger partial charge in [-0.05, 0) is 36.5 Å². The van der Waals surface area contributed by atoms with Crippen LogP contribution in [0.5, 0.6) is 0 Å². The first kappa shape index (κ1) is 13.2. The molecule has 90 valence electrons. The lowest BCUT2D eigenvalue weighted by Crippen LogP contribution is -2.40. The van der Waals surface area contributed by atoms with Gasteiger partial charge in [0.15, 0.2) is 0 Å². The average molecular weight is 220 g/mol. The summed E-state index contributed by atoms with van der Waals surface area (Å²) in [5.41, 5.74) is 9.86. The first-order valence-electron chi connectivity index (χ1n) is 6.04. The summed E-state index contributed by atoms with van der Waals surface area (Å²) in [4.78, 5) is 0. The van der Waals surface area contributed by atoms with Crippen LogP contribution in [-0.4, -0.2) is 12.6 Å². The van der Waals surface area contributed by atoms with Crippen LogP contribution in [0.2, 0.25) is 0 Å². The van der Waals surface area contributed by atoms with Crippen LogP contribution in [0.1, 0.15) is 30.5 Å². The van der Waals surface area contributed by atoms with E-state index in [1.165, 1.54) is 16.7 Å². The molecule has 0 saturated carbocycles. The number of nitrogens with one attached hydrogen (secondary N) is 1. The first-order valence-corrected chi connectivity index (χ1v) is 6.04. The average Bonchev–Trinajstić information content (AvgIpc) is 2.22. The monoisotopic (exact) mass is 220 g/mol. The van der Waals surface area contributed by atoms with Gasteiger partial charge < -0.3 is 11.1 Å². The van der Waals surface area contributed by atoms with E-state index in [1.807, 2.05) is 0 Å². The van der Waals surface area contributed by atoms with Crippen molar-refractivity contribution in [1.29, 1.82) is 0 Å². The SMILES string of the molecule is Cc1cccc(C)c1CNC(CN)C(C)C. The third-order valence-electron chi connectivity index (χ3n) is 3.24. The van der Waals surface area contributed by atoms with E-state index in [0.29, 0.717) is 18.5 Å². The second-order valence-corrected chi connectivity index (χ2v) is 4.84. The number of hydrogen-bond acceptors (Lipinski definition) is 2. The van der Waals surface area contributed by atoms with Gasteiger partial charge in [0.1, 0.15) is 0 Å². The van der Waals surface area contributed by atoms with Crippen molar-refractivity contribution in [2.75, 3.05) is 6.54 Å². The van der Waals surface area contributed by atoms with Gasteiger partial charge in [-0.15, -0.1) is 0 Å². The summed E-state index contributed by atoms with van der Waals surface area (Å²) < 4.78 is 0. The summed E-state index contributed by atoms with van der Waals surface area (Å²) in [6.07, 6.45) is 0. The summed E-state index contributed by atoms with van der Waals surface area (Å²) in [7, 11) is 0. The molecule has 1 atom stereocenters. The minimum Gasteiger partial charge on any atom is -0.329 e. The summed E-state index contributed by atoms with van der Waals surface area (Å²) in [5, 5.41) is 3.54. The predicted molar refractivity (Wildman–Crippen MR) is 70.4 cm³/mol. The minimum absolute atomic E-state index is 0.402. The van der Waals surface area contributed by atoms with Crippen LogP contribution >= 0.6 is 0 Å².